The number of aromatic nitrogens is 1. The normalized spacial score (nSPS) is 14.4. The Kier molecular flexibility index (Phi) is 7.27. The van der Waals surface area contributed by atoms with Crippen LogP contribution in [0.3, 0.4) is 0 Å². The highest BCUT2D eigenvalue weighted by molar-refractivity contribution is 7.90. The van der Waals surface area contributed by atoms with Gasteiger partial charge in [-0.15, -0.1) is 0 Å². The van der Waals surface area contributed by atoms with Crippen molar-refractivity contribution in [2.75, 3.05) is 37.3 Å². The predicted molar refractivity (Wildman–Crippen MR) is 145 cm³/mol. The van der Waals surface area contributed by atoms with E-state index in [0.29, 0.717) is 42.6 Å². The molecule has 1 amide bonds. The van der Waals surface area contributed by atoms with Crippen LogP contribution in [-0.2, 0) is 14.6 Å². The van der Waals surface area contributed by atoms with Gasteiger partial charge >= 0.3 is 6.09 Å². The minimum atomic E-state index is -3.30. The van der Waals surface area contributed by atoms with Gasteiger partial charge in [0.25, 0.3) is 0 Å². The molecule has 194 valence electrons. The molecule has 1 fully saturated rings. The Morgan fingerprint density at radius 1 is 1.03 bits per heavy atom. The number of carbonyl (C=O) groups excluding carboxylic acids is 1. The van der Waals surface area contributed by atoms with Crippen molar-refractivity contribution in [1.82, 2.24) is 9.88 Å². The maximum atomic E-state index is 12.4. The summed E-state index contributed by atoms with van der Waals surface area (Å²) in [5.74, 6) is 0.704. The molecule has 1 N–H and O–H groups in total. The van der Waals surface area contributed by atoms with E-state index in [9.17, 15) is 18.5 Å². The number of aromatic amines is 1. The molecule has 37 heavy (non-hydrogen) atoms. The van der Waals surface area contributed by atoms with E-state index in [4.69, 9.17) is 16.3 Å². The number of amides is 1. The van der Waals surface area contributed by atoms with Gasteiger partial charge in [-0.2, -0.15) is 5.26 Å². The van der Waals surface area contributed by atoms with E-state index in [2.05, 4.69) is 16.0 Å². The summed E-state index contributed by atoms with van der Waals surface area (Å²) in [5.41, 5.74) is 3.08. The van der Waals surface area contributed by atoms with Crippen LogP contribution < -0.4 is 4.90 Å². The number of benzene rings is 2. The molecule has 2 aromatic carbocycles. The van der Waals surface area contributed by atoms with E-state index >= 15 is 0 Å². The van der Waals surface area contributed by atoms with E-state index in [1.807, 2.05) is 32.9 Å². The van der Waals surface area contributed by atoms with Crippen molar-refractivity contribution in [3.63, 3.8) is 0 Å². The first kappa shape index (κ1) is 26.6. The van der Waals surface area contributed by atoms with Gasteiger partial charge < -0.3 is 19.5 Å². The van der Waals surface area contributed by atoms with Gasteiger partial charge in [0.15, 0.2) is 9.84 Å². The smallest absolute Gasteiger partial charge is 0.410 e. The molecule has 0 aliphatic carbocycles. The van der Waals surface area contributed by atoms with Crippen molar-refractivity contribution < 1.29 is 17.9 Å². The lowest BCUT2D eigenvalue weighted by Crippen LogP contribution is -2.50. The van der Waals surface area contributed by atoms with Crippen molar-refractivity contribution in [1.29, 1.82) is 5.26 Å². The average Bonchev–Trinajstić information content (AvgIpc) is 3.27. The van der Waals surface area contributed by atoms with Crippen LogP contribution in [0.4, 0.5) is 10.6 Å². The monoisotopic (exact) mass is 540 g/mol. The average molecular weight is 541 g/mol. The van der Waals surface area contributed by atoms with Crippen molar-refractivity contribution in [3.05, 3.63) is 59.1 Å². The molecule has 0 spiro atoms. The summed E-state index contributed by atoms with van der Waals surface area (Å²) in [6.07, 6.45) is 0.834. The highest BCUT2D eigenvalue weighted by Crippen LogP contribution is 2.35. The number of hydrogen-bond acceptors (Lipinski definition) is 6. The van der Waals surface area contributed by atoms with Crippen LogP contribution in [0.1, 0.15) is 26.3 Å². The zero-order valence-electron chi connectivity index (χ0n) is 21.2. The molecule has 1 aliphatic heterocycles. The van der Waals surface area contributed by atoms with Gasteiger partial charge in [-0.25, -0.2) is 13.2 Å². The summed E-state index contributed by atoms with van der Waals surface area (Å²) in [4.78, 5) is 19.7. The number of rotatable bonds is 4. The quantitative estimate of drug-likeness (QED) is 0.479. The van der Waals surface area contributed by atoms with E-state index < -0.39 is 15.4 Å². The third-order valence-corrected chi connectivity index (χ3v) is 7.49. The Balaban J connectivity index is 1.57. The fourth-order valence-corrected chi connectivity index (χ4v) is 5.03. The first-order valence-corrected chi connectivity index (χ1v) is 14.1. The molecule has 2 heterocycles. The number of ether oxygens (including phenoxy) is 1. The number of piperazine rings is 1. The molecule has 0 radical (unpaired) electrons. The van der Waals surface area contributed by atoms with Crippen LogP contribution in [0.2, 0.25) is 5.02 Å². The zero-order valence-corrected chi connectivity index (χ0v) is 22.8. The van der Waals surface area contributed by atoms with Crippen LogP contribution in [0.25, 0.3) is 22.4 Å². The largest absolute Gasteiger partial charge is 0.444 e. The lowest BCUT2D eigenvalue weighted by atomic mass is 10.0. The molecule has 0 bridgehead atoms. The van der Waals surface area contributed by atoms with Gasteiger partial charge in [0.1, 0.15) is 17.5 Å². The lowest BCUT2D eigenvalue weighted by Gasteiger charge is -2.36. The van der Waals surface area contributed by atoms with Crippen molar-refractivity contribution in [3.8, 4) is 28.5 Å². The van der Waals surface area contributed by atoms with E-state index in [-0.39, 0.29) is 11.0 Å². The molecular formula is C27H29ClN4O4S. The second-order valence-electron chi connectivity index (χ2n) is 10.0. The first-order chi connectivity index (χ1) is 17.4. The summed E-state index contributed by atoms with van der Waals surface area (Å²) in [6.45, 7) is 7.62. The molecular weight excluding hydrogens is 512 g/mol. The molecule has 0 unspecified atom stereocenters. The molecule has 3 aromatic rings. The summed E-state index contributed by atoms with van der Waals surface area (Å²) in [7, 11) is -3.30. The van der Waals surface area contributed by atoms with E-state index in [1.54, 1.807) is 41.3 Å². The minimum absolute atomic E-state index is 0.239. The predicted octanol–water partition coefficient (Wildman–Crippen LogP) is 5.33. The Labute approximate surface area is 222 Å². The maximum Gasteiger partial charge on any atom is 0.410 e. The number of anilines is 1. The standard InChI is InChI=1S/C27H29ClN4O4S/c1-27(2,3)36-26(33)32-13-11-31(12-14-32)25-20(17-29)16-24(30-25)19-7-10-23(28)22(15-19)18-5-8-21(9-6-18)37(4,34)35/h5-10,15-16,30H,11-14H2,1-4H3. The fourth-order valence-electron chi connectivity index (χ4n) is 4.17. The van der Waals surface area contributed by atoms with Crippen LogP contribution in [0, 0.1) is 11.3 Å². The molecule has 0 saturated carbocycles. The number of nitrogens with zero attached hydrogens (tertiary/aromatic N) is 3. The second-order valence-corrected chi connectivity index (χ2v) is 12.4. The third kappa shape index (κ3) is 6.09. The van der Waals surface area contributed by atoms with Gasteiger partial charge in [0.05, 0.1) is 10.5 Å². The first-order valence-electron chi connectivity index (χ1n) is 11.8. The van der Waals surface area contributed by atoms with Gasteiger partial charge in [0.2, 0.25) is 0 Å². The van der Waals surface area contributed by atoms with Crippen LogP contribution in [0.5, 0.6) is 0 Å². The number of H-pyrrole nitrogens is 1. The molecule has 8 nitrogen and oxygen atoms in total. The van der Waals surface area contributed by atoms with Gasteiger partial charge in [-0.05, 0) is 62.2 Å². The molecule has 1 aromatic heterocycles. The molecule has 0 atom stereocenters. The van der Waals surface area contributed by atoms with Gasteiger partial charge in [-0.3, -0.25) is 0 Å². The van der Waals surface area contributed by atoms with Crippen LogP contribution in [0.15, 0.2) is 53.4 Å². The number of hydrogen-bond donors (Lipinski definition) is 1. The highest BCUT2D eigenvalue weighted by Gasteiger charge is 2.27. The summed E-state index contributed by atoms with van der Waals surface area (Å²) >= 11 is 6.48. The summed E-state index contributed by atoms with van der Waals surface area (Å²) in [6, 6.07) is 16.2. The molecule has 10 heteroatoms. The summed E-state index contributed by atoms with van der Waals surface area (Å²) in [5, 5.41) is 10.3. The zero-order chi connectivity index (χ0) is 27.0. The molecule has 4 rings (SSSR count). The second kappa shape index (κ2) is 10.1. The van der Waals surface area contributed by atoms with Crippen LogP contribution >= 0.6 is 11.6 Å². The molecule has 1 saturated heterocycles. The van der Waals surface area contributed by atoms with Crippen molar-refractivity contribution >= 4 is 33.3 Å². The number of nitrogens with one attached hydrogen (secondary N) is 1. The SMILES string of the molecule is CC(C)(C)OC(=O)N1CCN(c2[nH]c(-c3ccc(Cl)c(-c4ccc(S(C)(=O)=O)cc4)c3)cc2C#N)CC1. The van der Waals surface area contributed by atoms with Crippen molar-refractivity contribution in [2.24, 2.45) is 0 Å². The molecule has 1 aliphatic rings. The Morgan fingerprint density at radius 2 is 1.65 bits per heavy atom. The van der Waals surface area contributed by atoms with E-state index in [0.717, 1.165) is 22.4 Å². The number of halogens is 1. The van der Waals surface area contributed by atoms with Crippen LogP contribution in [-0.4, -0.2) is 62.4 Å². The third-order valence-electron chi connectivity index (χ3n) is 6.04. The number of carbonyl (C=O) groups is 1. The number of sulfone groups is 1. The topological polar surface area (TPSA) is 106 Å². The minimum Gasteiger partial charge on any atom is -0.444 e. The fraction of sp³-hybridized carbons (Fsp3) is 0.333. The lowest BCUT2D eigenvalue weighted by molar-refractivity contribution is 0.0240. The Bertz CT molecular complexity index is 1460. The van der Waals surface area contributed by atoms with Gasteiger partial charge in [0, 0.05) is 48.7 Å². The highest BCUT2D eigenvalue weighted by atomic mass is 35.5. The van der Waals surface area contributed by atoms with Gasteiger partial charge in [-0.1, -0.05) is 29.8 Å². The van der Waals surface area contributed by atoms with Crippen molar-refractivity contribution in [2.45, 2.75) is 31.3 Å². The van der Waals surface area contributed by atoms with E-state index in [1.165, 1.54) is 6.26 Å². The summed E-state index contributed by atoms with van der Waals surface area (Å²) < 4.78 is 29.1. The Morgan fingerprint density at radius 3 is 2.22 bits per heavy atom. The maximum absolute atomic E-state index is 12.4. The Hall–Kier alpha value is -3.48. The number of nitriles is 1.